The fourth-order valence-electron chi connectivity index (χ4n) is 3.55. The number of sulfonamides is 1. The molecule has 0 aromatic heterocycles. The molecule has 0 spiro atoms. The predicted molar refractivity (Wildman–Crippen MR) is 133 cm³/mol. The van der Waals surface area contributed by atoms with Gasteiger partial charge in [0, 0.05) is 5.56 Å². The quantitative estimate of drug-likeness (QED) is 0.461. The van der Waals surface area contributed by atoms with Crippen LogP contribution in [0.1, 0.15) is 31.0 Å². The summed E-state index contributed by atoms with van der Waals surface area (Å²) in [5.74, 6) is 0.821. The highest BCUT2D eigenvalue weighted by Gasteiger charge is 2.28. The summed E-state index contributed by atoms with van der Waals surface area (Å²) in [4.78, 5) is 13.1. The number of carbonyl (C=O) groups is 1. The van der Waals surface area contributed by atoms with E-state index in [4.69, 9.17) is 9.47 Å². The molecule has 0 aliphatic rings. The molecule has 8 heteroatoms. The molecular formula is C26H30N2O5S. The first-order chi connectivity index (χ1) is 16.3. The van der Waals surface area contributed by atoms with Crippen molar-refractivity contribution in [2.45, 2.75) is 31.7 Å². The number of anilines is 1. The topological polar surface area (TPSA) is 84.9 Å². The highest BCUT2D eigenvalue weighted by atomic mass is 32.2. The van der Waals surface area contributed by atoms with Gasteiger partial charge in [0.05, 0.1) is 30.3 Å². The van der Waals surface area contributed by atoms with Gasteiger partial charge in [0.1, 0.15) is 18.0 Å². The molecule has 0 fully saturated rings. The van der Waals surface area contributed by atoms with Crippen molar-refractivity contribution in [3.63, 3.8) is 0 Å². The number of ether oxygens (including phenoxy) is 2. The summed E-state index contributed by atoms with van der Waals surface area (Å²) >= 11 is 0. The van der Waals surface area contributed by atoms with E-state index in [1.165, 1.54) is 0 Å². The lowest BCUT2D eigenvalue weighted by molar-refractivity contribution is -0.120. The molecule has 1 N–H and O–H groups in total. The van der Waals surface area contributed by atoms with Crippen molar-refractivity contribution in [2.24, 2.45) is 0 Å². The second-order valence-electron chi connectivity index (χ2n) is 7.78. The van der Waals surface area contributed by atoms with Gasteiger partial charge in [-0.3, -0.25) is 9.10 Å². The third kappa shape index (κ3) is 5.88. The molecule has 3 aromatic rings. The minimum atomic E-state index is -4.00. The Labute approximate surface area is 201 Å². The molecule has 34 heavy (non-hydrogen) atoms. The van der Waals surface area contributed by atoms with Crippen molar-refractivity contribution in [3.05, 3.63) is 83.9 Å². The first-order valence-corrected chi connectivity index (χ1v) is 12.4. The van der Waals surface area contributed by atoms with Gasteiger partial charge in [-0.1, -0.05) is 35.9 Å². The summed E-state index contributed by atoms with van der Waals surface area (Å²) in [5, 5.41) is 2.89. The van der Waals surface area contributed by atoms with Gasteiger partial charge in [-0.2, -0.15) is 0 Å². The second-order valence-corrected chi connectivity index (χ2v) is 9.65. The first-order valence-electron chi connectivity index (χ1n) is 11.0. The lowest BCUT2D eigenvalue weighted by Gasteiger charge is -2.25. The van der Waals surface area contributed by atoms with Crippen LogP contribution < -0.4 is 19.1 Å². The SMILES string of the molecule is CCOc1ccc(N(CC(=O)N[C@@H](C)c2ccccc2OC)S(=O)(=O)c2ccc(C)cc2)cc1. The number of nitrogens with zero attached hydrogens (tertiary/aromatic N) is 1. The molecule has 1 amide bonds. The zero-order valence-corrected chi connectivity index (χ0v) is 20.6. The van der Waals surface area contributed by atoms with E-state index in [0.29, 0.717) is 23.8 Å². The predicted octanol–water partition coefficient (Wildman–Crippen LogP) is 4.48. The lowest BCUT2D eigenvalue weighted by Crippen LogP contribution is -2.41. The van der Waals surface area contributed by atoms with Gasteiger partial charge < -0.3 is 14.8 Å². The largest absolute Gasteiger partial charge is 0.496 e. The van der Waals surface area contributed by atoms with Crippen LogP contribution in [0.5, 0.6) is 11.5 Å². The number of methoxy groups -OCH3 is 1. The number of amides is 1. The van der Waals surface area contributed by atoms with E-state index in [9.17, 15) is 13.2 Å². The van der Waals surface area contributed by atoms with Crippen molar-refractivity contribution < 1.29 is 22.7 Å². The van der Waals surface area contributed by atoms with Crippen LogP contribution in [0.15, 0.2) is 77.7 Å². The van der Waals surface area contributed by atoms with Gasteiger partial charge in [0.2, 0.25) is 5.91 Å². The van der Waals surface area contributed by atoms with Crippen LogP contribution in [0.3, 0.4) is 0 Å². The van der Waals surface area contributed by atoms with E-state index in [0.717, 1.165) is 15.4 Å². The number of hydrogen-bond acceptors (Lipinski definition) is 5. The van der Waals surface area contributed by atoms with Crippen molar-refractivity contribution in [1.29, 1.82) is 0 Å². The van der Waals surface area contributed by atoms with E-state index in [-0.39, 0.29) is 17.5 Å². The van der Waals surface area contributed by atoms with Crippen LogP contribution in [-0.4, -0.2) is 34.6 Å². The number of rotatable bonds is 10. The molecule has 0 radical (unpaired) electrons. The Bertz CT molecular complexity index is 1210. The zero-order chi connectivity index (χ0) is 24.7. The van der Waals surface area contributed by atoms with Gasteiger partial charge >= 0.3 is 0 Å². The molecule has 0 heterocycles. The first kappa shape index (κ1) is 25.1. The van der Waals surface area contributed by atoms with Crippen LogP contribution in [0, 0.1) is 6.92 Å². The van der Waals surface area contributed by atoms with E-state index < -0.39 is 15.9 Å². The molecule has 0 unspecified atom stereocenters. The van der Waals surface area contributed by atoms with Crippen molar-refractivity contribution in [1.82, 2.24) is 5.32 Å². The maximum absolute atomic E-state index is 13.5. The molecule has 3 rings (SSSR count). The van der Waals surface area contributed by atoms with Gasteiger partial charge in [-0.25, -0.2) is 8.42 Å². The van der Waals surface area contributed by atoms with E-state index >= 15 is 0 Å². The highest BCUT2D eigenvalue weighted by Crippen LogP contribution is 2.27. The van der Waals surface area contributed by atoms with Gasteiger partial charge in [-0.05, 0) is 63.2 Å². The molecule has 0 bridgehead atoms. The maximum Gasteiger partial charge on any atom is 0.264 e. The van der Waals surface area contributed by atoms with Crippen LogP contribution in [0.4, 0.5) is 5.69 Å². The summed E-state index contributed by atoms with van der Waals surface area (Å²) in [6, 6.07) is 20.2. The molecule has 3 aromatic carbocycles. The summed E-state index contributed by atoms with van der Waals surface area (Å²) in [5.41, 5.74) is 2.10. The molecule has 0 aliphatic carbocycles. The number of carbonyl (C=O) groups excluding carboxylic acids is 1. The Morgan fingerprint density at radius 2 is 1.65 bits per heavy atom. The Hall–Kier alpha value is -3.52. The number of nitrogens with one attached hydrogen (secondary N) is 1. The summed E-state index contributed by atoms with van der Waals surface area (Å²) in [7, 11) is -2.43. The van der Waals surface area contributed by atoms with Crippen LogP contribution in [-0.2, 0) is 14.8 Å². The fourth-order valence-corrected chi connectivity index (χ4v) is 4.97. The molecule has 0 saturated carbocycles. The summed E-state index contributed by atoms with van der Waals surface area (Å²) < 4.78 is 39.0. The summed E-state index contributed by atoms with van der Waals surface area (Å²) in [6.07, 6.45) is 0. The smallest absolute Gasteiger partial charge is 0.264 e. The molecule has 180 valence electrons. The Morgan fingerprint density at radius 3 is 2.26 bits per heavy atom. The average molecular weight is 483 g/mol. The van der Waals surface area contributed by atoms with Gasteiger partial charge in [0.15, 0.2) is 0 Å². The molecule has 0 aliphatic heterocycles. The number of benzene rings is 3. The highest BCUT2D eigenvalue weighted by molar-refractivity contribution is 7.92. The lowest BCUT2D eigenvalue weighted by atomic mass is 10.1. The Balaban J connectivity index is 1.90. The monoisotopic (exact) mass is 482 g/mol. The van der Waals surface area contributed by atoms with Crippen molar-refractivity contribution >= 4 is 21.6 Å². The maximum atomic E-state index is 13.5. The molecule has 7 nitrogen and oxygen atoms in total. The van der Waals surface area contributed by atoms with E-state index in [1.807, 2.05) is 45.0 Å². The molecular weight excluding hydrogens is 452 g/mol. The Morgan fingerprint density at radius 1 is 1.00 bits per heavy atom. The normalized spacial score (nSPS) is 12.0. The van der Waals surface area contributed by atoms with Gasteiger partial charge in [-0.15, -0.1) is 0 Å². The van der Waals surface area contributed by atoms with Crippen molar-refractivity contribution in [3.8, 4) is 11.5 Å². The molecule has 0 saturated heterocycles. The third-order valence-corrected chi connectivity index (χ3v) is 7.10. The van der Waals surface area contributed by atoms with Crippen molar-refractivity contribution in [2.75, 3.05) is 24.6 Å². The standard InChI is InChI=1S/C26H30N2O5S/c1-5-33-22-14-12-21(13-15-22)28(34(30,31)23-16-10-19(2)11-17-23)18-26(29)27-20(3)24-8-6-7-9-25(24)32-4/h6-17,20H,5,18H2,1-4H3,(H,27,29)/t20-/m0/s1. The minimum Gasteiger partial charge on any atom is -0.496 e. The van der Waals surface area contributed by atoms with Crippen LogP contribution in [0.2, 0.25) is 0 Å². The number of hydrogen-bond donors (Lipinski definition) is 1. The summed E-state index contributed by atoms with van der Waals surface area (Å²) in [6.45, 7) is 5.69. The van der Waals surface area contributed by atoms with E-state index in [2.05, 4.69) is 5.32 Å². The zero-order valence-electron chi connectivity index (χ0n) is 19.8. The van der Waals surface area contributed by atoms with E-state index in [1.54, 1.807) is 55.6 Å². The average Bonchev–Trinajstić information content (AvgIpc) is 2.83. The van der Waals surface area contributed by atoms with Crippen LogP contribution >= 0.6 is 0 Å². The molecule has 1 atom stereocenters. The number of para-hydroxylation sites is 1. The second kappa shape index (κ2) is 11.1. The van der Waals surface area contributed by atoms with Crippen LogP contribution in [0.25, 0.3) is 0 Å². The minimum absolute atomic E-state index is 0.109. The fraction of sp³-hybridized carbons (Fsp3) is 0.269. The number of aryl methyl sites for hydroxylation is 1. The van der Waals surface area contributed by atoms with Gasteiger partial charge in [0.25, 0.3) is 10.0 Å². The third-order valence-electron chi connectivity index (χ3n) is 5.31. The Kier molecular flexibility index (Phi) is 8.17.